The third-order valence-electron chi connectivity index (χ3n) is 4.36. The van der Waals surface area contributed by atoms with E-state index in [0.717, 1.165) is 0 Å². The number of hydrogen-bond acceptors (Lipinski definition) is 4. The lowest BCUT2D eigenvalue weighted by atomic mass is 10.0. The van der Waals surface area contributed by atoms with Crippen molar-refractivity contribution in [3.05, 3.63) is 65.7 Å². The molecule has 136 valence electrons. The first-order valence-electron chi connectivity index (χ1n) is 8.26. The van der Waals surface area contributed by atoms with Gasteiger partial charge in [-0.25, -0.2) is 8.42 Å². The van der Waals surface area contributed by atoms with E-state index in [1.165, 1.54) is 0 Å². The van der Waals surface area contributed by atoms with Gasteiger partial charge in [0.15, 0.2) is 9.84 Å². The fourth-order valence-electron chi connectivity index (χ4n) is 2.95. The molecule has 0 bridgehead atoms. The molecule has 1 aliphatic rings. The minimum absolute atomic E-state index is 0.0447. The van der Waals surface area contributed by atoms with Gasteiger partial charge >= 0.3 is 0 Å². The summed E-state index contributed by atoms with van der Waals surface area (Å²) in [5, 5.41) is 5.57. The van der Waals surface area contributed by atoms with Crippen molar-refractivity contribution in [2.75, 3.05) is 16.8 Å². The normalized spacial score (nSPS) is 21.1. The molecule has 0 saturated carbocycles. The molecule has 7 heteroatoms. The summed E-state index contributed by atoms with van der Waals surface area (Å²) in [6.07, 6.45) is 0.409. The molecule has 1 unspecified atom stereocenters. The van der Waals surface area contributed by atoms with Crippen molar-refractivity contribution in [2.24, 2.45) is 0 Å². The van der Waals surface area contributed by atoms with E-state index < -0.39 is 15.4 Å². The molecular formula is C19H20N2O4S. The molecule has 1 aliphatic heterocycles. The van der Waals surface area contributed by atoms with Crippen LogP contribution in [0, 0.1) is 0 Å². The Balaban J connectivity index is 1.64. The van der Waals surface area contributed by atoms with Crippen molar-refractivity contribution in [3.63, 3.8) is 0 Å². The maximum absolute atomic E-state index is 12.4. The quantitative estimate of drug-likeness (QED) is 0.861. The Morgan fingerprint density at radius 3 is 2.12 bits per heavy atom. The zero-order valence-electron chi connectivity index (χ0n) is 14.4. The predicted molar refractivity (Wildman–Crippen MR) is 100.0 cm³/mol. The standard InChI is InChI=1S/C19H20N2O4S/c1-19(11-12-26(24,25)13-19)21-18(23)15-7-9-16(10-8-15)20-17(22)14-5-3-2-4-6-14/h2-10H,11-13H2,1H3,(H,20,22)(H,21,23). The Morgan fingerprint density at radius 2 is 1.54 bits per heavy atom. The highest BCUT2D eigenvalue weighted by Gasteiger charge is 2.39. The number of carbonyl (C=O) groups is 2. The largest absolute Gasteiger partial charge is 0.346 e. The van der Waals surface area contributed by atoms with Gasteiger partial charge in [-0.15, -0.1) is 0 Å². The number of rotatable bonds is 4. The first kappa shape index (κ1) is 18.1. The van der Waals surface area contributed by atoms with Crippen molar-refractivity contribution in [1.82, 2.24) is 5.32 Å². The minimum atomic E-state index is -3.09. The van der Waals surface area contributed by atoms with Crippen LogP contribution in [0.4, 0.5) is 5.69 Å². The molecule has 0 radical (unpaired) electrons. The van der Waals surface area contributed by atoms with E-state index in [0.29, 0.717) is 23.2 Å². The third kappa shape index (κ3) is 4.29. The molecule has 0 aromatic heterocycles. The molecule has 2 aromatic rings. The maximum atomic E-state index is 12.4. The van der Waals surface area contributed by atoms with Gasteiger partial charge < -0.3 is 10.6 Å². The SMILES string of the molecule is CC1(NC(=O)c2ccc(NC(=O)c3ccccc3)cc2)CCS(=O)(=O)C1. The molecule has 1 fully saturated rings. The van der Waals surface area contributed by atoms with Crippen LogP contribution in [0.15, 0.2) is 54.6 Å². The van der Waals surface area contributed by atoms with Gasteiger partial charge in [0.1, 0.15) is 0 Å². The lowest BCUT2D eigenvalue weighted by Crippen LogP contribution is -2.46. The van der Waals surface area contributed by atoms with Crippen LogP contribution in [0.3, 0.4) is 0 Å². The van der Waals surface area contributed by atoms with Crippen LogP contribution < -0.4 is 10.6 Å². The van der Waals surface area contributed by atoms with Crippen LogP contribution in [0.5, 0.6) is 0 Å². The van der Waals surface area contributed by atoms with E-state index in [1.807, 2.05) is 6.07 Å². The predicted octanol–water partition coefficient (Wildman–Crippen LogP) is 2.25. The molecule has 26 heavy (non-hydrogen) atoms. The average molecular weight is 372 g/mol. The van der Waals surface area contributed by atoms with Crippen molar-refractivity contribution in [2.45, 2.75) is 18.9 Å². The monoisotopic (exact) mass is 372 g/mol. The zero-order chi connectivity index (χ0) is 18.8. The summed E-state index contributed by atoms with van der Waals surface area (Å²) >= 11 is 0. The third-order valence-corrected chi connectivity index (χ3v) is 6.26. The van der Waals surface area contributed by atoms with Crippen molar-refractivity contribution in [3.8, 4) is 0 Å². The molecule has 1 heterocycles. The summed E-state index contributed by atoms with van der Waals surface area (Å²) in [5.41, 5.74) is 0.791. The summed E-state index contributed by atoms with van der Waals surface area (Å²) < 4.78 is 23.3. The van der Waals surface area contributed by atoms with Crippen LogP contribution in [0.2, 0.25) is 0 Å². The van der Waals surface area contributed by atoms with Crippen LogP contribution in [-0.2, 0) is 9.84 Å². The Labute approximate surface area is 152 Å². The van der Waals surface area contributed by atoms with E-state index in [9.17, 15) is 18.0 Å². The Morgan fingerprint density at radius 1 is 0.923 bits per heavy atom. The molecular weight excluding hydrogens is 352 g/mol. The first-order chi connectivity index (χ1) is 12.3. The van der Waals surface area contributed by atoms with Gasteiger partial charge in [-0.3, -0.25) is 9.59 Å². The Bertz CT molecular complexity index is 924. The highest BCUT2D eigenvalue weighted by molar-refractivity contribution is 7.91. The molecule has 3 rings (SSSR count). The van der Waals surface area contributed by atoms with Crippen LogP contribution in [0.25, 0.3) is 0 Å². The van der Waals surface area contributed by atoms with E-state index in [2.05, 4.69) is 10.6 Å². The van der Waals surface area contributed by atoms with Crippen LogP contribution >= 0.6 is 0 Å². The molecule has 2 aromatic carbocycles. The number of anilines is 1. The second-order valence-electron chi connectivity index (χ2n) is 6.75. The second kappa shape index (κ2) is 6.92. The van der Waals surface area contributed by atoms with Gasteiger partial charge in [-0.1, -0.05) is 18.2 Å². The van der Waals surface area contributed by atoms with E-state index >= 15 is 0 Å². The van der Waals surface area contributed by atoms with Gasteiger partial charge in [-0.2, -0.15) is 0 Å². The first-order valence-corrected chi connectivity index (χ1v) is 10.1. The number of sulfone groups is 1. The number of nitrogens with one attached hydrogen (secondary N) is 2. The molecule has 2 N–H and O–H groups in total. The second-order valence-corrected chi connectivity index (χ2v) is 8.94. The molecule has 0 spiro atoms. The zero-order valence-corrected chi connectivity index (χ0v) is 15.2. The lowest BCUT2D eigenvalue weighted by molar-refractivity contribution is 0.0915. The average Bonchev–Trinajstić information content (AvgIpc) is 2.89. The van der Waals surface area contributed by atoms with Gasteiger partial charge in [0.25, 0.3) is 11.8 Å². The van der Waals surface area contributed by atoms with Gasteiger partial charge in [0, 0.05) is 16.8 Å². The topological polar surface area (TPSA) is 92.3 Å². The Kier molecular flexibility index (Phi) is 4.82. The van der Waals surface area contributed by atoms with Crippen molar-refractivity contribution in [1.29, 1.82) is 0 Å². The molecule has 2 amide bonds. The molecule has 1 saturated heterocycles. The van der Waals surface area contributed by atoms with E-state index in [1.54, 1.807) is 55.5 Å². The lowest BCUT2D eigenvalue weighted by Gasteiger charge is -2.23. The van der Waals surface area contributed by atoms with Crippen molar-refractivity contribution < 1.29 is 18.0 Å². The van der Waals surface area contributed by atoms with E-state index in [-0.39, 0.29) is 23.3 Å². The fourth-order valence-corrected chi connectivity index (χ4v) is 5.05. The van der Waals surface area contributed by atoms with Gasteiger partial charge in [-0.05, 0) is 49.7 Å². The number of benzene rings is 2. The van der Waals surface area contributed by atoms with Crippen LogP contribution in [-0.4, -0.2) is 37.3 Å². The van der Waals surface area contributed by atoms with E-state index in [4.69, 9.17) is 0 Å². The summed E-state index contributed by atoms with van der Waals surface area (Å²) in [4.78, 5) is 24.5. The number of hydrogen-bond donors (Lipinski definition) is 2. The van der Waals surface area contributed by atoms with Crippen LogP contribution in [0.1, 0.15) is 34.1 Å². The van der Waals surface area contributed by atoms with Crippen molar-refractivity contribution >= 4 is 27.3 Å². The fraction of sp³-hybridized carbons (Fsp3) is 0.263. The summed E-state index contributed by atoms with van der Waals surface area (Å²) in [5.74, 6) is -0.512. The summed E-state index contributed by atoms with van der Waals surface area (Å²) in [6, 6.07) is 15.3. The number of amides is 2. The molecule has 1 atom stereocenters. The summed E-state index contributed by atoms with van der Waals surface area (Å²) in [6.45, 7) is 1.74. The summed E-state index contributed by atoms with van der Waals surface area (Å²) in [7, 11) is -3.09. The van der Waals surface area contributed by atoms with Gasteiger partial charge in [0.05, 0.1) is 17.0 Å². The molecule has 6 nitrogen and oxygen atoms in total. The maximum Gasteiger partial charge on any atom is 0.255 e. The molecule has 0 aliphatic carbocycles. The smallest absolute Gasteiger partial charge is 0.255 e. The highest BCUT2D eigenvalue weighted by atomic mass is 32.2. The minimum Gasteiger partial charge on any atom is -0.346 e. The number of carbonyl (C=O) groups excluding carboxylic acids is 2. The highest BCUT2D eigenvalue weighted by Crippen LogP contribution is 2.23. The van der Waals surface area contributed by atoms with Gasteiger partial charge in [0.2, 0.25) is 0 Å². The Hall–Kier alpha value is -2.67.